The van der Waals surface area contributed by atoms with Gasteiger partial charge in [-0.05, 0) is 0 Å². The second kappa shape index (κ2) is 10.5. The van der Waals surface area contributed by atoms with Gasteiger partial charge in [-0.2, -0.15) is 0 Å². The van der Waals surface area contributed by atoms with Crippen molar-refractivity contribution < 1.29 is 4.74 Å². The SMILES string of the molecule is [Li][CH]=CC(OC(c1ccccc1)(c1ccccc1)c1ccccc1)[C@H]1CC[C@H](C)CC1. The molecule has 0 saturated heterocycles. The van der Waals surface area contributed by atoms with Crippen LogP contribution in [0.25, 0.3) is 0 Å². The molecule has 0 radical (unpaired) electrons. The van der Waals surface area contributed by atoms with Gasteiger partial charge in [0.2, 0.25) is 0 Å². The van der Waals surface area contributed by atoms with E-state index in [0.29, 0.717) is 5.92 Å². The summed E-state index contributed by atoms with van der Waals surface area (Å²) in [5.74, 6) is 1.37. The van der Waals surface area contributed by atoms with Gasteiger partial charge in [0.25, 0.3) is 0 Å². The Kier molecular flexibility index (Phi) is 7.52. The van der Waals surface area contributed by atoms with Crippen molar-refractivity contribution in [3.8, 4) is 0 Å². The second-order valence-electron chi connectivity index (χ2n) is 8.91. The molecule has 0 aromatic heterocycles. The summed E-state index contributed by atoms with van der Waals surface area (Å²) >= 11 is 2.11. The average Bonchev–Trinajstić information content (AvgIpc) is 2.84. The molecule has 1 saturated carbocycles. The second-order valence-corrected chi connectivity index (χ2v) is 8.91. The van der Waals surface area contributed by atoms with E-state index in [0.717, 1.165) is 5.92 Å². The van der Waals surface area contributed by atoms with E-state index < -0.39 is 5.60 Å². The van der Waals surface area contributed by atoms with E-state index in [-0.39, 0.29) is 6.10 Å². The standard InChI is InChI=1S/C29H31O.Li/c1-3-28(24-21-19-23(2)20-22-24)30-29(25-13-7-4-8-14-25,26-15-9-5-10-16-26)27-17-11-6-12-18-27;/h1,3-18,23-24,28H,19-22H2,2H3;/t23-,24-,28?;. The minimum absolute atomic E-state index is 0.0677. The summed E-state index contributed by atoms with van der Waals surface area (Å²) in [4.78, 5) is 0. The van der Waals surface area contributed by atoms with Crippen molar-refractivity contribution in [1.82, 2.24) is 0 Å². The summed E-state index contributed by atoms with van der Waals surface area (Å²) in [5, 5.41) is 0. The van der Waals surface area contributed by atoms with Crippen LogP contribution in [0, 0.1) is 11.8 Å². The van der Waals surface area contributed by atoms with Crippen LogP contribution in [-0.2, 0) is 10.3 Å². The molecule has 1 aliphatic carbocycles. The molecule has 154 valence electrons. The van der Waals surface area contributed by atoms with Crippen molar-refractivity contribution in [1.29, 1.82) is 0 Å². The number of ether oxygens (including phenoxy) is 1. The Morgan fingerprint density at radius 2 is 1.16 bits per heavy atom. The van der Waals surface area contributed by atoms with Gasteiger partial charge in [0.1, 0.15) is 0 Å². The zero-order valence-corrected chi connectivity index (χ0v) is 18.8. The minimum atomic E-state index is -0.656. The van der Waals surface area contributed by atoms with E-state index in [1.165, 1.54) is 42.4 Å². The van der Waals surface area contributed by atoms with E-state index in [2.05, 4.69) is 126 Å². The molecule has 0 spiro atoms. The van der Waals surface area contributed by atoms with Crippen LogP contribution in [0.1, 0.15) is 49.3 Å². The van der Waals surface area contributed by atoms with Gasteiger partial charge >= 0.3 is 197 Å². The van der Waals surface area contributed by atoms with Gasteiger partial charge in [0.05, 0.1) is 0 Å². The maximum atomic E-state index is 7.32. The average molecular weight is 403 g/mol. The van der Waals surface area contributed by atoms with Crippen LogP contribution >= 0.6 is 0 Å². The quantitative estimate of drug-likeness (QED) is 0.309. The van der Waals surface area contributed by atoms with Gasteiger partial charge in [-0.15, -0.1) is 0 Å². The van der Waals surface area contributed by atoms with Gasteiger partial charge in [-0.1, -0.05) is 0 Å². The van der Waals surface area contributed by atoms with Gasteiger partial charge in [-0.25, -0.2) is 0 Å². The molecular formula is C29H31LiO. The molecule has 3 aromatic carbocycles. The molecule has 0 heterocycles. The number of rotatable bonds is 7. The van der Waals surface area contributed by atoms with E-state index in [9.17, 15) is 0 Å². The van der Waals surface area contributed by atoms with Crippen LogP contribution in [-0.4, -0.2) is 23.8 Å². The van der Waals surface area contributed by atoms with Crippen LogP contribution < -0.4 is 0 Å². The first-order valence-electron chi connectivity index (χ1n) is 11.7. The maximum absolute atomic E-state index is 7.32. The molecule has 3 aromatic rings. The summed E-state index contributed by atoms with van der Waals surface area (Å²) < 4.78 is 9.49. The fourth-order valence-electron chi connectivity index (χ4n) is 5.02. The predicted octanol–water partition coefficient (Wildman–Crippen LogP) is 6.87. The van der Waals surface area contributed by atoms with Gasteiger partial charge in [0, 0.05) is 0 Å². The Labute approximate surface area is 196 Å². The Morgan fingerprint density at radius 1 is 0.742 bits per heavy atom. The van der Waals surface area contributed by atoms with Crippen molar-refractivity contribution in [3.63, 3.8) is 0 Å². The third-order valence-electron chi connectivity index (χ3n) is 6.76. The first-order valence-corrected chi connectivity index (χ1v) is 11.7. The summed E-state index contributed by atoms with van der Waals surface area (Å²) in [5.41, 5.74) is 2.86. The molecule has 1 aliphatic rings. The molecule has 2 heteroatoms. The third-order valence-corrected chi connectivity index (χ3v) is 6.76. The number of hydrogen-bond acceptors (Lipinski definition) is 1. The van der Waals surface area contributed by atoms with Crippen LogP contribution in [0.5, 0.6) is 0 Å². The fraction of sp³-hybridized carbons (Fsp3) is 0.310. The first kappa shape index (κ1) is 22.2. The predicted molar refractivity (Wildman–Crippen MR) is 130 cm³/mol. The van der Waals surface area contributed by atoms with Crippen molar-refractivity contribution >= 4 is 17.7 Å². The number of hydrogen-bond donors (Lipinski definition) is 0. The van der Waals surface area contributed by atoms with Gasteiger partial charge < -0.3 is 0 Å². The van der Waals surface area contributed by atoms with Crippen LogP contribution in [0.4, 0.5) is 0 Å². The Bertz CT molecular complexity index is 847. The molecule has 0 bridgehead atoms. The Hall–Kier alpha value is -2.04. The van der Waals surface area contributed by atoms with Crippen LogP contribution in [0.2, 0.25) is 0 Å². The molecular weight excluding hydrogens is 371 g/mol. The zero-order valence-electron chi connectivity index (χ0n) is 18.8. The topological polar surface area (TPSA) is 9.23 Å². The number of benzene rings is 3. The third kappa shape index (κ3) is 4.91. The van der Waals surface area contributed by atoms with Crippen LogP contribution in [0.15, 0.2) is 102 Å². The van der Waals surface area contributed by atoms with E-state index in [4.69, 9.17) is 4.74 Å². The van der Waals surface area contributed by atoms with E-state index in [1.54, 1.807) is 0 Å². The zero-order chi connectivity index (χ0) is 21.5. The molecule has 1 atom stereocenters. The normalized spacial score (nSPS) is 20.6. The Morgan fingerprint density at radius 3 is 1.55 bits per heavy atom. The summed E-state index contributed by atoms with van der Waals surface area (Å²) in [6.45, 7) is 2.38. The fourth-order valence-corrected chi connectivity index (χ4v) is 5.02. The summed E-state index contributed by atoms with van der Waals surface area (Å²) in [6, 6.07) is 32.2. The molecule has 0 amide bonds. The molecule has 0 aliphatic heterocycles. The summed E-state index contributed by atoms with van der Waals surface area (Å²) in [7, 11) is 0. The monoisotopic (exact) mass is 402 g/mol. The van der Waals surface area contributed by atoms with Gasteiger partial charge in [-0.3, -0.25) is 0 Å². The van der Waals surface area contributed by atoms with Crippen molar-refractivity contribution in [2.24, 2.45) is 11.8 Å². The van der Waals surface area contributed by atoms with E-state index in [1.807, 2.05) is 0 Å². The van der Waals surface area contributed by atoms with E-state index >= 15 is 0 Å². The van der Waals surface area contributed by atoms with Crippen LogP contribution in [0.3, 0.4) is 0 Å². The van der Waals surface area contributed by atoms with Crippen molar-refractivity contribution in [2.75, 3.05) is 0 Å². The molecule has 1 nitrogen and oxygen atoms in total. The molecule has 4 rings (SSSR count). The van der Waals surface area contributed by atoms with Crippen molar-refractivity contribution in [2.45, 2.75) is 44.3 Å². The molecule has 1 fully saturated rings. The first-order chi connectivity index (χ1) is 15.2. The summed E-state index contributed by atoms with van der Waals surface area (Å²) in [6.07, 6.45) is 7.38. The molecule has 31 heavy (non-hydrogen) atoms. The molecule has 1 unspecified atom stereocenters. The molecule has 0 N–H and O–H groups in total. The van der Waals surface area contributed by atoms with Gasteiger partial charge in [0.15, 0.2) is 0 Å². The van der Waals surface area contributed by atoms with Crippen molar-refractivity contribution in [3.05, 3.63) is 119 Å². The Balaban J connectivity index is 1.87.